The Balaban J connectivity index is 1.24. The molecule has 0 radical (unpaired) electrons. The molecule has 2 saturated heterocycles. The number of ether oxygens (including phenoxy) is 1. The summed E-state index contributed by atoms with van der Waals surface area (Å²) in [6.45, 7) is 8.61. The SMILES string of the molecule is CC1CN(c2ccc3cccc(C#N)c3n2)CC(CN2CCN(c3ccccn3)CC2)O1. The highest BCUT2D eigenvalue weighted by atomic mass is 16.5. The molecule has 32 heavy (non-hydrogen) atoms. The number of aromatic nitrogens is 2. The summed E-state index contributed by atoms with van der Waals surface area (Å²) in [5.74, 6) is 1.97. The molecule has 2 aliphatic heterocycles. The first-order valence-electron chi connectivity index (χ1n) is 11.3. The number of benzene rings is 1. The van der Waals surface area contributed by atoms with Gasteiger partial charge in [-0.15, -0.1) is 0 Å². The van der Waals surface area contributed by atoms with Crippen molar-refractivity contribution in [2.45, 2.75) is 19.1 Å². The van der Waals surface area contributed by atoms with Crippen molar-refractivity contribution in [1.82, 2.24) is 14.9 Å². The molecule has 164 valence electrons. The Bertz CT molecular complexity index is 1110. The number of pyridine rings is 2. The molecule has 0 aliphatic carbocycles. The number of piperazine rings is 1. The average Bonchev–Trinajstić information content (AvgIpc) is 2.84. The third-order valence-electron chi connectivity index (χ3n) is 6.28. The predicted octanol–water partition coefficient (Wildman–Crippen LogP) is 2.92. The summed E-state index contributed by atoms with van der Waals surface area (Å²) in [6.07, 6.45) is 2.12. The molecule has 2 fully saturated rings. The van der Waals surface area contributed by atoms with Gasteiger partial charge in [-0.3, -0.25) is 4.90 Å². The van der Waals surface area contributed by atoms with Gasteiger partial charge in [0.05, 0.1) is 23.3 Å². The molecule has 2 aliphatic rings. The number of nitriles is 1. The molecule has 2 unspecified atom stereocenters. The van der Waals surface area contributed by atoms with E-state index in [0.717, 1.165) is 68.4 Å². The molecule has 0 saturated carbocycles. The standard InChI is InChI=1S/C25H28N6O/c1-19-16-31(24-9-8-20-5-4-6-21(15-26)25(20)28-24)18-22(32-19)17-29-11-13-30(14-12-29)23-7-2-3-10-27-23/h2-10,19,22H,11-14,16-18H2,1H3. The lowest BCUT2D eigenvalue weighted by molar-refractivity contribution is -0.0330. The van der Waals surface area contributed by atoms with Crippen molar-refractivity contribution in [2.24, 2.45) is 0 Å². The van der Waals surface area contributed by atoms with E-state index in [1.165, 1.54) is 0 Å². The van der Waals surface area contributed by atoms with Crippen LogP contribution in [0.5, 0.6) is 0 Å². The van der Waals surface area contributed by atoms with E-state index in [2.05, 4.69) is 50.9 Å². The second-order valence-corrected chi connectivity index (χ2v) is 8.61. The van der Waals surface area contributed by atoms with Crippen LogP contribution in [0.25, 0.3) is 10.9 Å². The fourth-order valence-electron chi connectivity index (χ4n) is 4.72. The molecule has 4 heterocycles. The largest absolute Gasteiger partial charge is 0.370 e. The molecule has 7 nitrogen and oxygen atoms in total. The molecular formula is C25H28N6O. The first-order chi connectivity index (χ1) is 15.7. The zero-order valence-electron chi connectivity index (χ0n) is 18.4. The smallest absolute Gasteiger partial charge is 0.129 e. The molecule has 2 atom stereocenters. The van der Waals surface area contributed by atoms with Crippen LogP contribution >= 0.6 is 0 Å². The Kier molecular flexibility index (Phi) is 5.89. The van der Waals surface area contributed by atoms with Gasteiger partial charge in [0.1, 0.15) is 17.7 Å². The van der Waals surface area contributed by atoms with Crippen molar-refractivity contribution < 1.29 is 4.74 Å². The third-order valence-corrected chi connectivity index (χ3v) is 6.28. The van der Waals surface area contributed by atoms with E-state index in [1.807, 2.05) is 36.5 Å². The second kappa shape index (κ2) is 9.11. The maximum Gasteiger partial charge on any atom is 0.129 e. The molecule has 7 heteroatoms. The van der Waals surface area contributed by atoms with E-state index >= 15 is 0 Å². The van der Waals surface area contributed by atoms with Crippen LogP contribution < -0.4 is 9.80 Å². The summed E-state index contributed by atoms with van der Waals surface area (Å²) >= 11 is 0. The van der Waals surface area contributed by atoms with Gasteiger partial charge >= 0.3 is 0 Å². The fourth-order valence-corrected chi connectivity index (χ4v) is 4.72. The van der Waals surface area contributed by atoms with Gasteiger partial charge in [0.15, 0.2) is 0 Å². The third kappa shape index (κ3) is 4.38. The summed E-state index contributed by atoms with van der Waals surface area (Å²) in [5, 5.41) is 10.5. The van der Waals surface area contributed by atoms with Crippen LogP contribution in [0.15, 0.2) is 54.7 Å². The van der Waals surface area contributed by atoms with Crippen molar-refractivity contribution in [2.75, 3.05) is 55.6 Å². The van der Waals surface area contributed by atoms with Crippen LogP contribution in [-0.2, 0) is 4.74 Å². The molecule has 2 aromatic heterocycles. The quantitative estimate of drug-likeness (QED) is 0.633. The van der Waals surface area contributed by atoms with Crippen LogP contribution in [0, 0.1) is 11.3 Å². The Morgan fingerprint density at radius 1 is 0.969 bits per heavy atom. The molecular weight excluding hydrogens is 400 g/mol. The van der Waals surface area contributed by atoms with E-state index < -0.39 is 0 Å². The molecule has 0 spiro atoms. The van der Waals surface area contributed by atoms with Crippen molar-refractivity contribution in [3.05, 3.63) is 60.3 Å². The highest BCUT2D eigenvalue weighted by molar-refractivity contribution is 5.85. The van der Waals surface area contributed by atoms with Crippen molar-refractivity contribution >= 4 is 22.5 Å². The number of anilines is 2. The van der Waals surface area contributed by atoms with Gasteiger partial charge in [0.2, 0.25) is 0 Å². The average molecular weight is 429 g/mol. The van der Waals surface area contributed by atoms with E-state index in [9.17, 15) is 5.26 Å². The lowest BCUT2D eigenvalue weighted by Gasteiger charge is -2.41. The first kappa shape index (κ1) is 20.7. The van der Waals surface area contributed by atoms with Crippen LogP contribution in [-0.4, -0.2) is 72.9 Å². The van der Waals surface area contributed by atoms with Gasteiger partial charge < -0.3 is 14.5 Å². The first-order valence-corrected chi connectivity index (χ1v) is 11.3. The van der Waals surface area contributed by atoms with Crippen molar-refractivity contribution in [3.8, 4) is 6.07 Å². The Morgan fingerprint density at radius 3 is 2.62 bits per heavy atom. The van der Waals surface area contributed by atoms with E-state index in [0.29, 0.717) is 5.56 Å². The predicted molar refractivity (Wildman–Crippen MR) is 126 cm³/mol. The van der Waals surface area contributed by atoms with Crippen molar-refractivity contribution in [1.29, 1.82) is 5.26 Å². The number of hydrogen-bond acceptors (Lipinski definition) is 7. The summed E-state index contributed by atoms with van der Waals surface area (Å²) in [5.41, 5.74) is 1.39. The summed E-state index contributed by atoms with van der Waals surface area (Å²) < 4.78 is 6.30. The Morgan fingerprint density at radius 2 is 1.84 bits per heavy atom. The van der Waals surface area contributed by atoms with Gasteiger partial charge in [-0.1, -0.05) is 18.2 Å². The summed E-state index contributed by atoms with van der Waals surface area (Å²) in [7, 11) is 0. The minimum absolute atomic E-state index is 0.129. The number of nitrogens with zero attached hydrogens (tertiary/aromatic N) is 6. The lowest BCUT2D eigenvalue weighted by atomic mass is 10.1. The zero-order valence-corrected chi connectivity index (χ0v) is 18.4. The van der Waals surface area contributed by atoms with Crippen LogP contribution in [0.4, 0.5) is 11.6 Å². The van der Waals surface area contributed by atoms with Gasteiger partial charge in [-0.05, 0) is 37.3 Å². The molecule has 0 amide bonds. The van der Waals surface area contributed by atoms with E-state index in [-0.39, 0.29) is 12.2 Å². The Hall–Kier alpha value is -3.21. The molecule has 3 aromatic rings. The molecule has 5 rings (SSSR count). The highest BCUT2D eigenvalue weighted by Gasteiger charge is 2.29. The minimum atomic E-state index is 0.129. The number of para-hydroxylation sites is 1. The molecule has 1 aromatic carbocycles. The Labute approximate surface area is 188 Å². The van der Waals surface area contributed by atoms with Crippen LogP contribution in [0.3, 0.4) is 0 Å². The minimum Gasteiger partial charge on any atom is -0.370 e. The number of hydrogen-bond donors (Lipinski definition) is 0. The van der Waals surface area contributed by atoms with Gasteiger partial charge in [-0.2, -0.15) is 5.26 Å². The maximum atomic E-state index is 9.46. The van der Waals surface area contributed by atoms with Gasteiger partial charge in [0.25, 0.3) is 0 Å². The normalized spacial score (nSPS) is 22.1. The van der Waals surface area contributed by atoms with Crippen LogP contribution in [0.1, 0.15) is 12.5 Å². The van der Waals surface area contributed by atoms with Gasteiger partial charge in [0, 0.05) is 57.4 Å². The monoisotopic (exact) mass is 428 g/mol. The van der Waals surface area contributed by atoms with E-state index in [1.54, 1.807) is 0 Å². The fraction of sp³-hybridized carbons (Fsp3) is 0.400. The molecule has 0 N–H and O–H groups in total. The zero-order chi connectivity index (χ0) is 21.9. The summed E-state index contributed by atoms with van der Waals surface area (Å²) in [6, 6.07) is 18.2. The van der Waals surface area contributed by atoms with Crippen molar-refractivity contribution in [3.63, 3.8) is 0 Å². The number of morpholine rings is 1. The number of rotatable bonds is 4. The van der Waals surface area contributed by atoms with Gasteiger partial charge in [-0.25, -0.2) is 9.97 Å². The topological polar surface area (TPSA) is 68.5 Å². The molecule has 0 bridgehead atoms. The highest BCUT2D eigenvalue weighted by Crippen LogP contribution is 2.24. The summed E-state index contributed by atoms with van der Waals surface area (Å²) in [4.78, 5) is 16.5. The number of fused-ring (bicyclic) bond motifs is 1. The second-order valence-electron chi connectivity index (χ2n) is 8.61. The lowest BCUT2D eigenvalue weighted by Crippen LogP contribution is -2.54. The van der Waals surface area contributed by atoms with E-state index in [4.69, 9.17) is 9.72 Å². The van der Waals surface area contributed by atoms with Crippen LogP contribution in [0.2, 0.25) is 0 Å². The maximum absolute atomic E-state index is 9.46.